The van der Waals surface area contributed by atoms with Gasteiger partial charge in [-0.2, -0.15) is 13.9 Å². The summed E-state index contributed by atoms with van der Waals surface area (Å²) in [5, 5.41) is 8.90. The molecule has 26 heavy (non-hydrogen) atoms. The van der Waals surface area contributed by atoms with E-state index >= 15 is 0 Å². The van der Waals surface area contributed by atoms with Crippen molar-refractivity contribution < 1.29 is 13.6 Å². The second kappa shape index (κ2) is 5.84. The topological polar surface area (TPSA) is 59.8 Å². The molecule has 0 aliphatic heterocycles. The second-order valence-electron chi connectivity index (χ2n) is 8.15. The largest absolute Gasteiger partial charge is 0.333 e. The molecule has 4 aliphatic rings. The van der Waals surface area contributed by atoms with Crippen molar-refractivity contribution in [1.29, 1.82) is 0 Å². The number of aromatic nitrogens is 3. The maximum absolute atomic E-state index is 12.6. The first-order valence-corrected chi connectivity index (χ1v) is 9.99. The molecule has 0 spiro atoms. The summed E-state index contributed by atoms with van der Waals surface area (Å²) in [5.74, 6) is 1.99. The molecule has 2 aromatic rings. The Balaban J connectivity index is 1.33. The summed E-state index contributed by atoms with van der Waals surface area (Å²) >= 11 is 1.41. The number of halogens is 2. The molecule has 5 nitrogen and oxygen atoms in total. The highest BCUT2D eigenvalue weighted by Crippen LogP contribution is 2.60. The Morgan fingerprint density at radius 2 is 1.88 bits per heavy atom. The quantitative estimate of drug-likeness (QED) is 0.855. The van der Waals surface area contributed by atoms with Crippen molar-refractivity contribution >= 4 is 22.4 Å². The molecule has 8 heteroatoms. The lowest BCUT2D eigenvalue weighted by molar-refractivity contribution is -0.00688. The Hall–Kier alpha value is -1.83. The van der Waals surface area contributed by atoms with Crippen LogP contribution in [0, 0.1) is 17.8 Å². The van der Waals surface area contributed by atoms with Gasteiger partial charge in [0.05, 0.1) is 5.69 Å². The van der Waals surface area contributed by atoms with E-state index in [0.29, 0.717) is 9.81 Å². The van der Waals surface area contributed by atoms with Gasteiger partial charge < -0.3 is 0 Å². The Morgan fingerprint density at radius 1 is 1.23 bits per heavy atom. The molecule has 1 N–H and O–H groups in total. The lowest BCUT2D eigenvalue weighted by Gasteiger charge is -2.56. The van der Waals surface area contributed by atoms with Crippen LogP contribution in [-0.4, -0.2) is 20.7 Å². The van der Waals surface area contributed by atoms with E-state index < -0.39 is 12.5 Å². The van der Waals surface area contributed by atoms with Crippen LogP contribution in [0.5, 0.6) is 0 Å². The first-order valence-electron chi connectivity index (χ1n) is 9.11. The highest BCUT2D eigenvalue weighted by atomic mass is 32.1. The molecule has 2 heterocycles. The Morgan fingerprint density at radius 3 is 2.46 bits per heavy atom. The van der Waals surface area contributed by atoms with Gasteiger partial charge in [-0.25, -0.2) is 9.67 Å². The maximum atomic E-state index is 12.6. The zero-order valence-electron chi connectivity index (χ0n) is 14.2. The van der Waals surface area contributed by atoms with Gasteiger partial charge in [0.25, 0.3) is 5.91 Å². The van der Waals surface area contributed by atoms with Crippen LogP contribution in [0.1, 0.15) is 61.3 Å². The minimum atomic E-state index is -2.75. The van der Waals surface area contributed by atoms with Crippen molar-refractivity contribution in [2.24, 2.45) is 17.8 Å². The fraction of sp³-hybridized carbons (Fsp3) is 0.611. The fourth-order valence-corrected chi connectivity index (χ4v) is 6.56. The molecular weight excluding hydrogens is 358 g/mol. The van der Waals surface area contributed by atoms with Crippen LogP contribution in [-0.2, 0) is 5.41 Å². The molecule has 4 fully saturated rings. The molecule has 0 aromatic carbocycles. The summed E-state index contributed by atoms with van der Waals surface area (Å²) in [6.45, 7) is -2.75. The lowest BCUT2D eigenvalue weighted by atomic mass is 9.49. The first-order chi connectivity index (χ1) is 12.5. The lowest BCUT2D eigenvalue weighted by Crippen LogP contribution is -2.48. The molecule has 0 radical (unpaired) electrons. The minimum absolute atomic E-state index is 0.0307. The third kappa shape index (κ3) is 2.66. The summed E-state index contributed by atoms with van der Waals surface area (Å²) in [4.78, 5) is 17.0. The van der Waals surface area contributed by atoms with Crippen LogP contribution in [0.3, 0.4) is 0 Å². The number of rotatable bonds is 4. The van der Waals surface area contributed by atoms with Gasteiger partial charge in [0.2, 0.25) is 0 Å². The predicted molar refractivity (Wildman–Crippen MR) is 93.4 cm³/mol. The number of carbonyl (C=O) groups excluding carboxylic acids is 1. The van der Waals surface area contributed by atoms with E-state index in [0.717, 1.165) is 29.6 Å². The van der Waals surface area contributed by atoms with Crippen molar-refractivity contribution in [3.05, 3.63) is 29.0 Å². The number of anilines is 1. The van der Waals surface area contributed by atoms with Crippen molar-refractivity contribution in [1.82, 2.24) is 14.8 Å². The second-order valence-corrected chi connectivity index (χ2v) is 9.01. The van der Waals surface area contributed by atoms with E-state index in [-0.39, 0.29) is 11.1 Å². The minimum Gasteiger partial charge on any atom is -0.296 e. The molecular formula is C18H20F2N4OS. The zero-order chi connectivity index (χ0) is 17.9. The monoisotopic (exact) mass is 378 g/mol. The van der Waals surface area contributed by atoms with Gasteiger partial charge in [-0.05, 0) is 62.3 Å². The van der Waals surface area contributed by atoms with E-state index in [1.54, 1.807) is 0 Å². The van der Waals surface area contributed by atoms with Crippen molar-refractivity contribution in [2.75, 3.05) is 5.32 Å². The highest BCUT2D eigenvalue weighted by molar-refractivity contribution is 7.14. The molecule has 0 atom stereocenters. The van der Waals surface area contributed by atoms with E-state index in [1.165, 1.54) is 55.9 Å². The predicted octanol–water partition coefficient (Wildman–Crippen LogP) is 4.45. The summed E-state index contributed by atoms with van der Waals surface area (Å²) in [7, 11) is 0. The van der Waals surface area contributed by atoms with Gasteiger partial charge in [0, 0.05) is 17.0 Å². The number of nitrogens with zero attached hydrogens (tertiary/aromatic N) is 3. The van der Waals surface area contributed by atoms with Crippen LogP contribution in [0.25, 0.3) is 0 Å². The SMILES string of the molecule is O=C(Nc1nc(C23CC4CC(CC(C4)C2)C3)cs1)c1ccn(C(F)F)n1. The van der Waals surface area contributed by atoms with Gasteiger partial charge in [-0.15, -0.1) is 11.3 Å². The average Bonchev–Trinajstić information content (AvgIpc) is 3.23. The van der Waals surface area contributed by atoms with E-state index in [4.69, 9.17) is 4.98 Å². The Kier molecular flexibility index (Phi) is 3.67. The van der Waals surface area contributed by atoms with E-state index in [9.17, 15) is 13.6 Å². The molecule has 138 valence electrons. The van der Waals surface area contributed by atoms with Gasteiger partial charge in [-0.3, -0.25) is 10.1 Å². The Bertz CT molecular complexity index is 811. The Labute approximate surface area is 153 Å². The molecule has 0 saturated heterocycles. The van der Waals surface area contributed by atoms with Gasteiger partial charge in [0.1, 0.15) is 0 Å². The summed E-state index contributed by atoms with van der Waals surface area (Å²) in [5.41, 5.74) is 1.26. The molecule has 4 saturated carbocycles. The number of alkyl halides is 2. The van der Waals surface area contributed by atoms with Crippen LogP contribution >= 0.6 is 11.3 Å². The number of hydrogen-bond acceptors (Lipinski definition) is 4. The molecule has 4 bridgehead atoms. The third-order valence-corrected chi connectivity index (χ3v) is 7.10. The smallest absolute Gasteiger partial charge is 0.296 e. The van der Waals surface area contributed by atoms with Crippen molar-refractivity contribution in [2.45, 2.75) is 50.5 Å². The van der Waals surface area contributed by atoms with Crippen LogP contribution in [0.4, 0.5) is 13.9 Å². The van der Waals surface area contributed by atoms with Crippen LogP contribution in [0.15, 0.2) is 17.6 Å². The summed E-state index contributed by atoms with van der Waals surface area (Å²) in [6.07, 6.45) is 8.88. The van der Waals surface area contributed by atoms with Gasteiger partial charge in [0.15, 0.2) is 10.8 Å². The molecule has 1 amide bonds. The number of hydrogen-bond donors (Lipinski definition) is 1. The van der Waals surface area contributed by atoms with Gasteiger partial charge in [-0.1, -0.05) is 0 Å². The molecule has 6 rings (SSSR count). The summed E-state index contributed by atoms with van der Waals surface area (Å²) < 4.78 is 25.7. The highest BCUT2D eigenvalue weighted by Gasteiger charge is 2.52. The van der Waals surface area contributed by atoms with Crippen molar-refractivity contribution in [3.63, 3.8) is 0 Å². The number of amides is 1. The number of thiazole rings is 1. The van der Waals surface area contributed by atoms with Crippen LogP contribution in [0.2, 0.25) is 0 Å². The summed E-state index contributed by atoms with van der Waals surface area (Å²) in [6, 6.07) is 1.29. The fourth-order valence-electron chi connectivity index (χ4n) is 5.73. The third-order valence-electron chi connectivity index (χ3n) is 6.35. The molecule has 4 aliphatic carbocycles. The van der Waals surface area contributed by atoms with Crippen molar-refractivity contribution in [3.8, 4) is 0 Å². The first kappa shape index (κ1) is 16.4. The van der Waals surface area contributed by atoms with E-state index in [2.05, 4.69) is 15.8 Å². The van der Waals surface area contributed by atoms with E-state index in [1.807, 2.05) is 0 Å². The standard InChI is InChI=1S/C18H20F2N4OS/c19-16(20)24-2-1-13(23-24)15(25)22-17-21-14(9-26-17)18-6-10-3-11(7-18)5-12(4-10)8-18/h1-2,9-12,16H,3-8H2,(H,21,22,25). The number of nitrogens with one attached hydrogen (secondary N) is 1. The maximum Gasteiger partial charge on any atom is 0.333 e. The molecule has 2 aromatic heterocycles. The number of carbonyl (C=O) groups is 1. The van der Waals surface area contributed by atoms with Crippen LogP contribution < -0.4 is 5.32 Å². The molecule has 0 unspecified atom stereocenters. The normalized spacial score (nSPS) is 32.3. The van der Waals surface area contributed by atoms with Gasteiger partial charge >= 0.3 is 6.55 Å². The zero-order valence-corrected chi connectivity index (χ0v) is 15.0. The average molecular weight is 378 g/mol.